The van der Waals surface area contributed by atoms with Crippen molar-refractivity contribution in [3.8, 4) is 5.75 Å². The van der Waals surface area contributed by atoms with E-state index in [9.17, 15) is 4.79 Å². The fraction of sp³-hybridized carbons (Fsp3) is 0.409. The van der Waals surface area contributed by atoms with Crippen LogP contribution in [0.3, 0.4) is 0 Å². The van der Waals surface area contributed by atoms with Crippen LogP contribution < -0.4 is 10.1 Å². The van der Waals surface area contributed by atoms with Gasteiger partial charge in [0, 0.05) is 32.7 Å². The van der Waals surface area contributed by atoms with Crippen LogP contribution in [-0.4, -0.2) is 55.7 Å². The molecule has 2 amide bonds. The topological polar surface area (TPSA) is 44.8 Å². The highest BCUT2D eigenvalue weighted by atomic mass is 16.5. The van der Waals surface area contributed by atoms with Crippen LogP contribution in [0.25, 0.3) is 0 Å². The fourth-order valence-corrected chi connectivity index (χ4v) is 3.36. The average Bonchev–Trinajstić information content (AvgIpc) is 2.73. The number of nitrogens with zero attached hydrogens (tertiary/aromatic N) is 2. The summed E-state index contributed by atoms with van der Waals surface area (Å²) in [7, 11) is 1.65. The van der Waals surface area contributed by atoms with Gasteiger partial charge in [0.2, 0.25) is 0 Å². The highest BCUT2D eigenvalue weighted by Crippen LogP contribution is 2.11. The summed E-state index contributed by atoms with van der Waals surface area (Å²) in [5, 5.41) is 3.01. The molecule has 5 heteroatoms. The van der Waals surface area contributed by atoms with Crippen LogP contribution in [-0.2, 0) is 13.0 Å². The summed E-state index contributed by atoms with van der Waals surface area (Å²) in [5.41, 5.74) is 2.47. The number of carbonyl (C=O) groups is 1. The first-order chi connectivity index (χ1) is 13.2. The molecule has 3 rings (SSSR count). The van der Waals surface area contributed by atoms with E-state index in [1.807, 2.05) is 29.2 Å². The summed E-state index contributed by atoms with van der Waals surface area (Å²) in [5.74, 6) is 0.827. The minimum absolute atomic E-state index is 0.0229. The first kappa shape index (κ1) is 19.2. The van der Waals surface area contributed by atoms with Gasteiger partial charge in [-0.05, 0) is 42.6 Å². The van der Waals surface area contributed by atoms with Crippen molar-refractivity contribution >= 4 is 6.03 Å². The van der Waals surface area contributed by atoms with Gasteiger partial charge < -0.3 is 15.0 Å². The molecule has 1 N–H and O–H groups in total. The Hall–Kier alpha value is -2.53. The molecule has 0 spiro atoms. The number of benzene rings is 2. The van der Waals surface area contributed by atoms with Crippen LogP contribution in [0.2, 0.25) is 0 Å². The van der Waals surface area contributed by atoms with Gasteiger partial charge in [0.05, 0.1) is 7.11 Å². The maximum Gasteiger partial charge on any atom is 0.317 e. The number of hydrogen-bond donors (Lipinski definition) is 1. The molecule has 2 aromatic carbocycles. The summed E-state index contributed by atoms with van der Waals surface area (Å²) in [6.45, 7) is 5.12. The summed E-state index contributed by atoms with van der Waals surface area (Å²) < 4.78 is 5.15. The Morgan fingerprint density at radius 2 is 1.67 bits per heavy atom. The molecule has 0 aromatic heterocycles. The van der Waals surface area contributed by atoms with Gasteiger partial charge in [-0.15, -0.1) is 0 Å². The van der Waals surface area contributed by atoms with Crippen molar-refractivity contribution in [3.05, 3.63) is 65.7 Å². The number of piperazine rings is 1. The van der Waals surface area contributed by atoms with Crippen LogP contribution in [0.5, 0.6) is 5.75 Å². The van der Waals surface area contributed by atoms with Crippen LogP contribution >= 0.6 is 0 Å². The van der Waals surface area contributed by atoms with E-state index in [2.05, 4.69) is 40.5 Å². The number of rotatable bonds is 7. The summed E-state index contributed by atoms with van der Waals surface area (Å²) in [4.78, 5) is 16.7. The Labute approximate surface area is 161 Å². The largest absolute Gasteiger partial charge is 0.497 e. The van der Waals surface area contributed by atoms with Gasteiger partial charge in [-0.25, -0.2) is 4.79 Å². The molecule has 0 saturated carbocycles. The van der Waals surface area contributed by atoms with Crippen molar-refractivity contribution in [2.45, 2.75) is 19.4 Å². The zero-order chi connectivity index (χ0) is 18.9. The molecule has 5 nitrogen and oxygen atoms in total. The lowest BCUT2D eigenvalue weighted by Gasteiger charge is -2.34. The fourth-order valence-electron chi connectivity index (χ4n) is 3.36. The first-order valence-corrected chi connectivity index (χ1v) is 9.66. The molecule has 1 heterocycles. The van der Waals surface area contributed by atoms with E-state index < -0.39 is 0 Å². The highest BCUT2D eigenvalue weighted by molar-refractivity contribution is 5.74. The molecule has 1 saturated heterocycles. The number of nitrogens with one attached hydrogen (secondary N) is 1. The van der Waals surface area contributed by atoms with Gasteiger partial charge in [0.15, 0.2) is 0 Å². The molecule has 1 aliphatic rings. The Morgan fingerprint density at radius 1 is 0.963 bits per heavy atom. The summed E-state index contributed by atoms with van der Waals surface area (Å²) in [6, 6.07) is 18.4. The van der Waals surface area contributed by atoms with E-state index in [1.54, 1.807) is 7.11 Å². The average molecular weight is 367 g/mol. The summed E-state index contributed by atoms with van der Waals surface area (Å²) in [6.07, 6.45) is 2.27. The molecule has 0 unspecified atom stereocenters. The molecule has 0 radical (unpaired) electrons. The van der Waals surface area contributed by atoms with Crippen LogP contribution in [0.4, 0.5) is 4.79 Å². The molecule has 2 aromatic rings. The van der Waals surface area contributed by atoms with Crippen molar-refractivity contribution in [1.82, 2.24) is 15.1 Å². The van der Waals surface area contributed by atoms with E-state index >= 15 is 0 Å². The van der Waals surface area contributed by atoms with Crippen molar-refractivity contribution in [2.24, 2.45) is 0 Å². The third kappa shape index (κ3) is 6.00. The van der Waals surface area contributed by atoms with E-state index in [-0.39, 0.29) is 6.03 Å². The SMILES string of the molecule is COc1ccc(CNC(=O)N2CCN(CCCc3ccccc3)CC2)cc1. The lowest BCUT2D eigenvalue weighted by molar-refractivity contribution is 0.138. The number of methoxy groups -OCH3 is 1. The minimum atomic E-state index is 0.0229. The Kier molecular flexibility index (Phi) is 7.11. The van der Waals surface area contributed by atoms with Gasteiger partial charge >= 0.3 is 6.03 Å². The number of urea groups is 1. The van der Waals surface area contributed by atoms with E-state index in [0.717, 1.165) is 56.9 Å². The van der Waals surface area contributed by atoms with E-state index in [4.69, 9.17) is 4.74 Å². The van der Waals surface area contributed by atoms with E-state index in [0.29, 0.717) is 6.54 Å². The van der Waals surface area contributed by atoms with Crippen LogP contribution in [0.1, 0.15) is 17.5 Å². The van der Waals surface area contributed by atoms with Crippen molar-refractivity contribution < 1.29 is 9.53 Å². The summed E-state index contributed by atoms with van der Waals surface area (Å²) >= 11 is 0. The number of ether oxygens (including phenoxy) is 1. The zero-order valence-electron chi connectivity index (χ0n) is 16.1. The molecule has 0 bridgehead atoms. The van der Waals surface area contributed by atoms with Crippen molar-refractivity contribution in [2.75, 3.05) is 39.8 Å². The Morgan fingerprint density at radius 3 is 2.33 bits per heavy atom. The second kappa shape index (κ2) is 9.97. The predicted octanol–water partition coefficient (Wildman–Crippen LogP) is 3.16. The zero-order valence-corrected chi connectivity index (χ0v) is 16.1. The van der Waals surface area contributed by atoms with Gasteiger partial charge in [-0.2, -0.15) is 0 Å². The van der Waals surface area contributed by atoms with Crippen molar-refractivity contribution in [1.29, 1.82) is 0 Å². The quantitative estimate of drug-likeness (QED) is 0.818. The lowest BCUT2D eigenvalue weighted by atomic mass is 10.1. The first-order valence-electron chi connectivity index (χ1n) is 9.66. The third-order valence-electron chi connectivity index (χ3n) is 5.04. The second-order valence-electron chi connectivity index (χ2n) is 6.92. The van der Waals surface area contributed by atoms with E-state index in [1.165, 1.54) is 5.56 Å². The van der Waals surface area contributed by atoms with Crippen LogP contribution in [0, 0.1) is 0 Å². The van der Waals surface area contributed by atoms with Gasteiger partial charge in [-0.3, -0.25) is 4.90 Å². The van der Waals surface area contributed by atoms with Gasteiger partial charge in [0.25, 0.3) is 0 Å². The van der Waals surface area contributed by atoms with Gasteiger partial charge in [-0.1, -0.05) is 42.5 Å². The number of hydrogen-bond acceptors (Lipinski definition) is 3. The number of aryl methyl sites for hydroxylation is 1. The van der Waals surface area contributed by atoms with Crippen molar-refractivity contribution in [3.63, 3.8) is 0 Å². The minimum Gasteiger partial charge on any atom is -0.497 e. The number of carbonyl (C=O) groups excluding carboxylic acids is 1. The molecule has 1 aliphatic heterocycles. The Bertz CT molecular complexity index is 695. The van der Waals surface area contributed by atoms with Gasteiger partial charge in [0.1, 0.15) is 5.75 Å². The molecule has 0 atom stereocenters. The maximum atomic E-state index is 12.4. The molecular weight excluding hydrogens is 338 g/mol. The Balaban J connectivity index is 1.33. The monoisotopic (exact) mass is 367 g/mol. The second-order valence-corrected chi connectivity index (χ2v) is 6.92. The molecular formula is C22H29N3O2. The molecule has 0 aliphatic carbocycles. The molecule has 144 valence electrons. The molecule has 1 fully saturated rings. The molecule has 27 heavy (non-hydrogen) atoms. The normalized spacial score (nSPS) is 14.8. The standard InChI is InChI=1S/C22H29N3O2/c1-27-21-11-9-20(10-12-21)18-23-22(26)25-16-14-24(15-17-25)13-5-8-19-6-3-2-4-7-19/h2-4,6-7,9-12H,5,8,13-18H2,1H3,(H,23,26). The number of amides is 2. The smallest absolute Gasteiger partial charge is 0.317 e. The van der Waals surface area contributed by atoms with Crippen LogP contribution in [0.15, 0.2) is 54.6 Å². The maximum absolute atomic E-state index is 12.4. The highest BCUT2D eigenvalue weighted by Gasteiger charge is 2.20. The predicted molar refractivity (Wildman–Crippen MR) is 108 cm³/mol. The third-order valence-corrected chi connectivity index (χ3v) is 5.04. The lowest BCUT2D eigenvalue weighted by Crippen LogP contribution is -2.51.